The van der Waals surface area contributed by atoms with Crippen molar-refractivity contribution >= 4 is 24.2 Å². The number of unbranched alkanes of at least 4 members (excludes halogenated alkanes) is 1. The van der Waals surface area contributed by atoms with E-state index in [0.29, 0.717) is 23.1 Å². The molecule has 7 heteroatoms. The van der Waals surface area contributed by atoms with Gasteiger partial charge in [-0.15, -0.1) is 12.6 Å². The fraction of sp³-hybridized carbons (Fsp3) is 0.304. The Hall–Kier alpha value is -3.11. The van der Waals surface area contributed by atoms with Gasteiger partial charge < -0.3 is 19.7 Å². The summed E-state index contributed by atoms with van der Waals surface area (Å²) < 4.78 is 11.4. The number of amides is 1. The molecule has 2 aromatic carbocycles. The number of ether oxygens (including phenoxy) is 2. The zero-order valence-corrected chi connectivity index (χ0v) is 18.2. The normalized spacial score (nSPS) is 16.2. The lowest BCUT2D eigenvalue weighted by Crippen LogP contribution is -2.46. The van der Waals surface area contributed by atoms with E-state index in [1.165, 1.54) is 0 Å². The van der Waals surface area contributed by atoms with Crippen LogP contribution in [0.5, 0.6) is 11.5 Å². The molecule has 0 fully saturated rings. The standard InChI is InChI=1S/C23H25N3O3S/c1-4-5-12-29-20-13-16(10-11-19(20)28-3)21-25-22(27)17(14-24)23(30)26(21)18-9-7-6-8-15(18)2/h6-11,13,21,30H,4-5,12H2,1-3H3,(H,25,27). The Morgan fingerprint density at radius 3 is 2.67 bits per heavy atom. The molecular formula is C23H25N3O3S. The third-order valence-electron chi connectivity index (χ3n) is 4.95. The molecule has 156 valence electrons. The maximum atomic E-state index is 12.6. The van der Waals surface area contributed by atoms with Crippen molar-refractivity contribution in [2.45, 2.75) is 32.9 Å². The molecule has 0 bridgehead atoms. The van der Waals surface area contributed by atoms with E-state index in [0.717, 1.165) is 29.7 Å². The number of hydrogen-bond acceptors (Lipinski definition) is 6. The van der Waals surface area contributed by atoms with E-state index in [1.54, 1.807) is 7.11 Å². The Balaban J connectivity index is 2.10. The maximum Gasteiger partial charge on any atom is 0.266 e. The van der Waals surface area contributed by atoms with E-state index < -0.39 is 12.1 Å². The highest BCUT2D eigenvalue weighted by Gasteiger charge is 2.35. The van der Waals surface area contributed by atoms with Crippen molar-refractivity contribution in [3.8, 4) is 17.6 Å². The molecule has 1 unspecified atom stereocenters. The molecule has 0 aliphatic carbocycles. The molecule has 2 aromatic rings. The van der Waals surface area contributed by atoms with Crippen LogP contribution in [0.2, 0.25) is 0 Å². The molecule has 0 saturated carbocycles. The number of rotatable bonds is 7. The molecule has 1 amide bonds. The van der Waals surface area contributed by atoms with Crippen LogP contribution in [0.25, 0.3) is 0 Å². The summed E-state index contributed by atoms with van der Waals surface area (Å²) in [7, 11) is 1.59. The summed E-state index contributed by atoms with van der Waals surface area (Å²) in [6.45, 7) is 4.65. The smallest absolute Gasteiger partial charge is 0.266 e. The lowest BCUT2D eigenvalue weighted by molar-refractivity contribution is -0.118. The molecular weight excluding hydrogens is 398 g/mol. The first-order valence-electron chi connectivity index (χ1n) is 9.81. The number of anilines is 1. The van der Waals surface area contributed by atoms with Crippen LogP contribution < -0.4 is 19.7 Å². The van der Waals surface area contributed by atoms with Crippen LogP contribution in [0.1, 0.15) is 37.1 Å². The minimum Gasteiger partial charge on any atom is -0.493 e. The van der Waals surface area contributed by atoms with Crippen LogP contribution in [-0.4, -0.2) is 19.6 Å². The van der Waals surface area contributed by atoms with Gasteiger partial charge in [-0.25, -0.2) is 0 Å². The predicted molar refractivity (Wildman–Crippen MR) is 120 cm³/mol. The number of methoxy groups -OCH3 is 1. The molecule has 1 heterocycles. The minimum atomic E-state index is -0.553. The molecule has 1 N–H and O–H groups in total. The van der Waals surface area contributed by atoms with E-state index in [-0.39, 0.29) is 5.57 Å². The number of carbonyl (C=O) groups excluding carboxylic acids is 1. The van der Waals surface area contributed by atoms with Crippen LogP contribution in [0.3, 0.4) is 0 Å². The maximum absolute atomic E-state index is 12.6. The highest BCUT2D eigenvalue weighted by Crippen LogP contribution is 2.39. The zero-order valence-electron chi connectivity index (χ0n) is 17.3. The molecule has 0 saturated heterocycles. The number of benzene rings is 2. The fourth-order valence-corrected chi connectivity index (χ4v) is 3.70. The summed E-state index contributed by atoms with van der Waals surface area (Å²) in [5, 5.41) is 12.7. The van der Waals surface area contributed by atoms with E-state index in [4.69, 9.17) is 9.47 Å². The van der Waals surface area contributed by atoms with Crippen LogP contribution >= 0.6 is 12.6 Å². The number of aryl methyl sites for hydroxylation is 1. The molecule has 1 aliphatic rings. The van der Waals surface area contributed by atoms with Crippen molar-refractivity contribution in [1.82, 2.24) is 5.32 Å². The Morgan fingerprint density at radius 1 is 1.23 bits per heavy atom. The molecule has 0 radical (unpaired) electrons. The quantitative estimate of drug-likeness (QED) is 0.507. The Bertz CT molecular complexity index is 1010. The highest BCUT2D eigenvalue weighted by atomic mass is 32.1. The lowest BCUT2D eigenvalue weighted by Gasteiger charge is -2.38. The lowest BCUT2D eigenvalue weighted by atomic mass is 10.0. The Kier molecular flexibility index (Phi) is 6.91. The second kappa shape index (κ2) is 9.59. The van der Waals surface area contributed by atoms with Gasteiger partial charge >= 0.3 is 0 Å². The van der Waals surface area contributed by atoms with Crippen molar-refractivity contribution in [3.63, 3.8) is 0 Å². The van der Waals surface area contributed by atoms with Gasteiger partial charge in [0.1, 0.15) is 17.8 Å². The Morgan fingerprint density at radius 2 is 2.00 bits per heavy atom. The van der Waals surface area contributed by atoms with Crippen molar-refractivity contribution in [3.05, 3.63) is 64.2 Å². The second-order valence-corrected chi connectivity index (χ2v) is 7.38. The SMILES string of the molecule is CCCCOc1cc(C2NC(=O)C(C#N)=C(S)N2c2ccccc2C)ccc1OC. The van der Waals surface area contributed by atoms with Crippen LogP contribution in [-0.2, 0) is 4.79 Å². The predicted octanol–water partition coefficient (Wildman–Crippen LogP) is 4.48. The molecule has 3 rings (SSSR count). The fourth-order valence-electron chi connectivity index (χ4n) is 3.33. The van der Waals surface area contributed by atoms with Gasteiger partial charge in [-0.05, 0) is 42.7 Å². The zero-order chi connectivity index (χ0) is 21.7. The van der Waals surface area contributed by atoms with Crippen LogP contribution in [0, 0.1) is 18.3 Å². The second-order valence-electron chi connectivity index (χ2n) is 6.96. The first kappa shape index (κ1) is 21.6. The van der Waals surface area contributed by atoms with Gasteiger partial charge in [-0.3, -0.25) is 4.79 Å². The average Bonchev–Trinajstić information content (AvgIpc) is 2.74. The number of nitrogens with zero attached hydrogens (tertiary/aromatic N) is 2. The summed E-state index contributed by atoms with van der Waals surface area (Å²) in [4.78, 5) is 14.4. The summed E-state index contributed by atoms with van der Waals surface area (Å²) in [6, 6.07) is 15.3. The largest absolute Gasteiger partial charge is 0.493 e. The number of para-hydroxylation sites is 1. The van der Waals surface area contributed by atoms with E-state index >= 15 is 0 Å². The van der Waals surface area contributed by atoms with E-state index in [1.807, 2.05) is 60.4 Å². The van der Waals surface area contributed by atoms with Gasteiger partial charge in [0.05, 0.1) is 18.7 Å². The highest BCUT2D eigenvalue weighted by molar-refractivity contribution is 7.84. The summed E-state index contributed by atoms with van der Waals surface area (Å²) in [5.74, 6) is 0.776. The number of hydrogen-bond donors (Lipinski definition) is 2. The van der Waals surface area contributed by atoms with Crippen LogP contribution in [0.15, 0.2) is 53.1 Å². The molecule has 1 aliphatic heterocycles. The van der Waals surface area contributed by atoms with Gasteiger partial charge in [-0.2, -0.15) is 5.26 Å². The summed E-state index contributed by atoms with van der Waals surface area (Å²) in [5.41, 5.74) is 2.62. The van der Waals surface area contributed by atoms with Crippen molar-refractivity contribution in [1.29, 1.82) is 5.26 Å². The van der Waals surface area contributed by atoms with Gasteiger partial charge in [0, 0.05) is 5.69 Å². The first-order valence-corrected chi connectivity index (χ1v) is 10.3. The topological polar surface area (TPSA) is 74.6 Å². The van der Waals surface area contributed by atoms with Crippen LogP contribution in [0.4, 0.5) is 5.69 Å². The number of nitrogens with one attached hydrogen (secondary N) is 1. The third-order valence-corrected chi connectivity index (χ3v) is 5.39. The monoisotopic (exact) mass is 423 g/mol. The van der Waals surface area contributed by atoms with Gasteiger partial charge in [0.2, 0.25) is 0 Å². The van der Waals surface area contributed by atoms with Crippen molar-refractivity contribution in [2.75, 3.05) is 18.6 Å². The minimum absolute atomic E-state index is 0.0224. The van der Waals surface area contributed by atoms with E-state index in [2.05, 4.69) is 24.9 Å². The molecule has 6 nitrogen and oxygen atoms in total. The van der Waals surface area contributed by atoms with Gasteiger partial charge in [0.25, 0.3) is 5.91 Å². The van der Waals surface area contributed by atoms with Crippen molar-refractivity contribution < 1.29 is 14.3 Å². The number of nitriles is 1. The number of thiol groups is 1. The molecule has 0 aromatic heterocycles. The van der Waals surface area contributed by atoms with E-state index in [9.17, 15) is 10.1 Å². The summed E-state index contributed by atoms with van der Waals surface area (Å²) >= 11 is 4.56. The Labute approximate surface area is 182 Å². The molecule has 30 heavy (non-hydrogen) atoms. The molecule has 0 spiro atoms. The van der Waals surface area contributed by atoms with Gasteiger partial charge in [-0.1, -0.05) is 37.6 Å². The van der Waals surface area contributed by atoms with Gasteiger partial charge in [0.15, 0.2) is 11.5 Å². The third kappa shape index (κ3) is 4.24. The molecule has 1 atom stereocenters. The first-order chi connectivity index (χ1) is 14.5. The number of carbonyl (C=O) groups is 1. The average molecular weight is 424 g/mol. The van der Waals surface area contributed by atoms with Crippen molar-refractivity contribution in [2.24, 2.45) is 0 Å². The summed E-state index contributed by atoms with van der Waals surface area (Å²) in [6.07, 6.45) is 1.40.